The summed E-state index contributed by atoms with van der Waals surface area (Å²) in [7, 11) is 1.58. The summed E-state index contributed by atoms with van der Waals surface area (Å²) in [4.78, 5) is 26.7. The molecule has 30 heavy (non-hydrogen) atoms. The van der Waals surface area contributed by atoms with E-state index in [9.17, 15) is 22.8 Å². The van der Waals surface area contributed by atoms with Crippen LogP contribution in [-0.2, 0) is 17.5 Å². The van der Waals surface area contributed by atoms with Crippen LogP contribution in [0, 0.1) is 5.92 Å². The zero-order valence-electron chi connectivity index (χ0n) is 16.5. The molecule has 0 aromatic heterocycles. The third-order valence-corrected chi connectivity index (χ3v) is 5.14. The van der Waals surface area contributed by atoms with Gasteiger partial charge in [0.1, 0.15) is 5.75 Å². The zero-order chi connectivity index (χ0) is 21.7. The number of piperidine rings is 1. The van der Waals surface area contributed by atoms with Crippen molar-refractivity contribution in [2.75, 3.05) is 20.2 Å². The van der Waals surface area contributed by atoms with Gasteiger partial charge in [-0.15, -0.1) is 0 Å². The van der Waals surface area contributed by atoms with Gasteiger partial charge in [-0.2, -0.15) is 13.2 Å². The highest BCUT2D eigenvalue weighted by molar-refractivity contribution is 5.95. The highest BCUT2D eigenvalue weighted by Crippen LogP contribution is 2.30. The highest BCUT2D eigenvalue weighted by atomic mass is 19.4. The number of carbonyl (C=O) groups is 2. The predicted molar refractivity (Wildman–Crippen MR) is 105 cm³/mol. The van der Waals surface area contributed by atoms with Crippen molar-refractivity contribution < 1.29 is 27.5 Å². The van der Waals surface area contributed by atoms with Crippen LogP contribution < -0.4 is 10.1 Å². The van der Waals surface area contributed by atoms with E-state index < -0.39 is 23.6 Å². The third-order valence-electron chi connectivity index (χ3n) is 5.14. The Morgan fingerprint density at radius 1 is 1.17 bits per heavy atom. The molecule has 1 aliphatic heterocycles. The first-order valence-corrected chi connectivity index (χ1v) is 9.65. The molecule has 1 saturated heterocycles. The maximum Gasteiger partial charge on any atom is 0.416 e. The molecule has 5 nitrogen and oxygen atoms in total. The summed E-state index contributed by atoms with van der Waals surface area (Å²) in [6, 6.07) is 11.7. The number of alkyl halides is 3. The molecule has 160 valence electrons. The number of nitrogens with zero attached hydrogens (tertiary/aromatic N) is 1. The van der Waals surface area contributed by atoms with E-state index in [1.165, 1.54) is 17.0 Å². The Balaban J connectivity index is 1.60. The molecule has 0 spiro atoms. The Morgan fingerprint density at radius 3 is 2.57 bits per heavy atom. The molecule has 1 N–H and O–H groups in total. The Bertz CT molecular complexity index is 897. The summed E-state index contributed by atoms with van der Waals surface area (Å²) in [5.74, 6) is -0.339. The van der Waals surface area contributed by atoms with Gasteiger partial charge in [-0.05, 0) is 48.7 Å². The molecule has 8 heteroatoms. The van der Waals surface area contributed by atoms with Gasteiger partial charge in [0.05, 0.1) is 18.6 Å². The maximum absolute atomic E-state index is 12.9. The molecule has 2 amide bonds. The van der Waals surface area contributed by atoms with E-state index in [0.717, 1.165) is 23.4 Å². The molecule has 0 aliphatic carbocycles. The Labute approximate surface area is 172 Å². The fraction of sp³-hybridized carbons (Fsp3) is 0.364. The molecule has 0 radical (unpaired) electrons. The molecule has 2 aromatic carbocycles. The quantitative estimate of drug-likeness (QED) is 0.799. The largest absolute Gasteiger partial charge is 0.497 e. The second-order valence-electron chi connectivity index (χ2n) is 7.23. The third kappa shape index (κ3) is 5.31. The van der Waals surface area contributed by atoms with Gasteiger partial charge in [0.2, 0.25) is 5.91 Å². The minimum atomic E-state index is -4.51. The van der Waals surface area contributed by atoms with E-state index in [0.29, 0.717) is 25.9 Å². The minimum Gasteiger partial charge on any atom is -0.497 e. The van der Waals surface area contributed by atoms with Crippen molar-refractivity contribution in [3.05, 3.63) is 65.2 Å². The van der Waals surface area contributed by atoms with Gasteiger partial charge in [-0.25, -0.2) is 0 Å². The Hall–Kier alpha value is -3.03. The van der Waals surface area contributed by atoms with Crippen LogP contribution in [0.2, 0.25) is 0 Å². The van der Waals surface area contributed by atoms with Crippen LogP contribution in [0.25, 0.3) is 0 Å². The van der Waals surface area contributed by atoms with E-state index >= 15 is 0 Å². The SMILES string of the molecule is COc1ccc(CNC(=O)[C@@H]2CCCN(C(=O)c3cccc(C(F)(F)F)c3)C2)cc1. The van der Waals surface area contributed by atoms with Gasteiger partial charge >= 0.3 is 6.18 Å². The van der Waals surface area contributed by atoms with Gasteiger partial charge in [-0.1, -0.05) is 18.2 Å². The van der Waals surface area contributed by atoms with Gasteiger partial charge < -0.3 is 15.0 Å². The molecule has 1 fully saturated rings. The number of rotatable bonds is 5. The first-order valence-electron chi connectivity index (χ1n) is 9.65. The molecule has 3 rings (SSSR count). The van der Waals surface area contributed by atoms with Crippen LogP contribution in [0.4, 0.5) is 13.2 Å². The molecule has 1 atom stereocenters. The van der Waals surface area contributed by atoms with E-state index in [-0.39, 0.29) is 18.0 Å². The number of methoxy groups -OCH3 is 1. The smallest absolute Gasteiger partial charge is 0.416 e. The lowest BCUT2D eigenvalue weighted by Gasteiger charge is -2.32. The standard InChI is InChI=1S/C22H23F3N2O3/c1-30-19-9-7-15(8-10-19)13-26-20(28)17-5-3-11-27(14-17)21(29)16-4-2-6-18(12-16)22(23,24)25/h2,4,6-10,12,17H,3,5,11,13-14H2,1H3,(H,26,28)/t17-/m1/s1. The summed E-state index contributed by atoms with van der Waals surface area (Å²) in [6.45, 7) is 0.946. The molecule has 1 heterocycles. The van der Waals surface area contributed by atoms with Crippen LogP contribution in [0.5, 0.6) is 5.75 Å². The predicted octanol–water partition coefficient (Wildman–Crippen LogP) is 3.88. The van der Waals surface area contributed by atoms with Crippen LogP contribution in [-0.4, -0.2) is 36.9 Å². The lowest BCUT2D eigenvalue weighted by Crippen LogP contribution is -2.45. The van der Waals surface area contributed by atoms with E-state index in [2.05, 4.69) is 5.32 Å². The summed E-state index contributed by atoms with van der Waals surface area (Å²) in [6.07, 6.45) is -3.27. The molecular weight excluding hydrogens is 397 g/mol. The van der Waals surface area contributed by atoms with Crippen molar-refractivity contribution in [3.8, 4) is 5.75 Å². The van der Waals surface area contributed by atoms with Crippen LogP contribution in [0.15, 0.2) is 48.5 Å². The van der Waals surface area contributed by atoms with Crippen LogP contribution in [0.1, 0.15) is 34.3 Å². The number of halogens is 3. The zero-order valence-corrected chi connectivity index (χ0v) is 16.5. The van der Waals surface area contributed by atoms with Crippen LogP contribution in [0.3, 0.4) is 0 Å². The van der Waals surface area contributed by atoms with Crippen molar-refractivity contribution in [3.63, 3.8) is 0 Å². The number of benzene rings is 2. The van der Waals surface area contributed by atoms with Crippen molar-refractivity contribution in [2.24, 2.45) is 5.92 Å². The normalized spacial score (nSPS) is 16.8. The number of nitrogens with one attached hydrogen (secondary N) is 1. The van der Waals surface area contributed by atoms with Gasteiger partial charge in [0.25, 0.3) is 5.91 Å². The first kappa shape index (κ1) is 21.7. The average molecular weight is 420 g/mol. The van der Waals surface area contributed by atoms with Gasteiger partial charge in [-0.3, -0.25) is 9.59 Å². The summed E-state index contributed by atoms with van der Waals surface area (Å²) in [5.41, 5.74) is 0.0279. The van der Waals surface area contributed by atoms with Gasteiger partial charge in [0.15, 0.2) is 0 Å². The molecule has 0 saturated carbocycles. The monoisotopic (exact) mass is 420 g/mol. The minimum absolute atomic E-state index is 0.0240. The van der Waals surface area contributed by atoms with Crippen LogP contribution >= 0.6 is 0 Å². The maximum atomic E-state index is 12.9. The van der Waals surface area contributed by atoms with E-state index in [1.807, 2.05) is 12.1 Å². The fourth-order valence-electron chi connectivity index (χ4n) is 3.46. The molecular formula is C22H23F3N2O3. The van der Waals surface area contributed by atoms with Crippen molar-refractivity contribution in [1.82, 2.24) is 10.2 Å². The topological polar surface area (TPSA) is 58.6 Å². The van der Waals surface area contributed by atoms with Crippen molar-refractivity contribution in [1.29, 1.82) is 0 Å². The highest BCUT2D eigenvalue weighted by Gasteiger charge is 2.33. The Morgan fingerprint density at radius 2 is 1.90 bits per heavy atom. The molecule has 0 bridgehead atoms. The molecule has 0 unspecified atom stereocenters. The number of amides is 2. The summed E-state index contributed by atoms with van der Waals surface area (Å²) in [5, 5.41) is 2.87. The van der Waals surface area contributed by atoms with Gasteiger partial charge in [0, 0.05) is 25.2 Å². The second kappa shape index (κ2) is 9.19. The number of carbonyl (C=O) groups excluding carboxylic acids is 2. The number of hydrogen-bond donors (Lipinski definition) is 1. The molecule has 2 aromatic rings. The van der Waals surface area contributed by atoms with Crippen molar-refractivity contribution >= 4 is 11.8 Å². The lowest BCUT2D eigenvalue weighted by atomic mass is 9.96. The van der Waals surface area contributed by atoms with E-state index in [4.69, 9.17) is 4.74 Å². The number of likely N-dealkylation sites (tertiary alicyclic amines) is 1. The Kier molecular flexibility index (Phi) is 6.64. The first-order chi connectivity index (χ1) is 14.3. The second-order valence-corrected chi connectivity index (χ2v) is 7.23. The number of ether oxygens (including phenoxy) is 1. The van der Waals surface area contributed by atoms with E-state index in [1.54, 1.807) is 19.2 Å². The summed E-state index contributed by atoms with van der Waals surface area (Å²) < 4.78 is 43.9. The average Bonchev–Trinajstić information content (AvgIpc) is 2.77. The number of hydrogen-bond acceptors (Lipinski definition) is 3. The summed E-state index contributed by atoms with van der Waals surface area (Å²) >= 11 is 0. The van der Waals surface area contributed by atoms with Crippen molar-refractivity contribution in [2.45, 2.75) is 25.6 Å². The fourth-order valence-corrected chi connectivity index (χ4v) is 3.46. The lowest BCUT2D eigenvalue weighted by molar-refractivity contribution is -0.137. The molecule has 1 aliphatic rings.